The van der Waals surface area contributed by atoms with Gasteiger partial charge in [-0.2, -0.15) is 0 Å². The summed E-state index contributed by atoms with van der Waals surface area (Å²) in [5.74, 6) is 2.52. The molecule has 2 N–H and O–H groups in total. The van der Waals surface area contributed by atoms with Crippen LogP contribution >= 0.6 is 11.3 Å². The van der Waals surface area contributed by atoms with Crippen molar-refractivity contribution in [2.75, 3.05) is 36.0 Å². The maximum Gasteiger partial charge on any atom is 0.195 e. The molecule has 0 radical (unpaired) electrons. The van der Waals surface area contributed by atoms with Crippen LogP contribution in [0.3, 0.4) is 0 Å². The fourth-order valence-corrected chi connectivity index (χ4v) is 4.07. The highest BCUT2D eigenvalue weighted by atomic mass is 32.2. The number of anilines is 1. The van der Waals surface area contributed by atoms with Crippen LogP contribution in [-0.2, 0) is 17.2 Å². The molecule has 0 atom stereocenters. The summed E-state index contributed by atoms with van der Waals surface area (Å²) >= 11 is 1.64. The third-order valence-corrected chi connectivity index (χ3v) is 5.23. The molecule has 0 aliphatic carbocycles. The zero-order valence-corrected chi connectivity index (χ0v) is 11.7. The minimum atomic E-state index is -0.652. The summed E-state index contributed by atoms with van der Waals surface area (Å²) in [5.41, 5.74) is 6.88. The molecule has 98 valence electrons. The van der Waals surface area contributed by atoms with Gasteiger partial charge < -0.3 is 10.6 Å². The van der Waals surface area contributed by atoms with Gasteiger partial charge >= 0.3 is 0 Å². The topological polar surface area (TPSA) is 63.6 Å². The van der Waals surface area contributed by atoms with Gasteiger partial charge in [0, 0.05) is 53.4 Å². The highest BCUT2D eigenvalue weighted by Gasteiger charge is 2.22. The van der Waals surface area contributed by atoms with E-state index in [2.05, 4.69) is 9.30 Å². The van der Waals surface area contributed by atoms with Crippen molar-refractivity contribution >= 4 is 32.9 Å². The molecular weight excluding hydrogens is 268 g/mol. The molecule has 0 unspecified atom stereocenters. The van der Waals surface area contributed by atoms with Crippen LogP contribution in [0, 0.1) is 0 Å². The highest BCUT2D eigenvalue weighted by Crippen LogP contribution is 2.25. The van der Waals surface area contributed by atoms with Crippen LogP contribution in [-0.4, -0.2) is 44.7 Å². The zero-order valence-electron chi connectivity index (χ0n) is 10.0. The highest BCUT2D eigenvalue weighted by molar-refractivity contribution is 7.85. The van der Waals surface area contributed by atoms with Crippen molar-refractivity contribution in [3.05, 3.63) is 17.3 Å². The number of hydrogen-bond acceptors (Lipinski definition) is 5. The van der Waals surface area contributed by atoms with Crippen LogP contribution in [0.2, 0.25) is 0 Å². The van der Waals surface area contributed by atoms with E-state index in [4.69, 9.17) is 10.7 Å². The molecule has 3 heterocycles. The maximum absolute atomic E-state index is 11.4. The third-order valence-electron chi connectivity index (χ3n) is 3.20. The van der Waals surface area contributed by atoms with Gasteiger partial charge in [-0.15, -0.1) is 11.3 Å². The second kappa shape index (κ2) is 4.99. The SMILES string of the molecule is NCCc1c(N2CCS(=O)CC2)nc2sccn12. The molecule has 0 amide bonds. The van der Waals surface area contributed by atoms with Crippen LogP contribution in [0.15, 0.2) is 11.6 Å². The predicted octanol–water partition coefficient (Wildman–Crippen LogP) is 0.466. The number of fused-ring (bicyclic) bond motifs is 1. The van der Waals surface area contributed by atoms with Gasteiger partial charge in [-0.05, 0) is 6.54 Å². The van der Waals surface area contributed by atoms with Gasteiger partial charge in [0.15, 0.2) is 10.8 Å². The average Bonchev–Trinajstić information content (AvgIpc) is 2.93. The van der Waals surface area contributed by atoms with E-state index in [1.165, 1.54) is 5.69 Å². The molecule has 0 saturated carbocycles. The molecule has 3 rings (SSSR count). The largest absolute Gasteiger partial charge is 0.353 e. The van der Waals surface area contributed by atoms with Crippen molar-refractivity contribution in [2.24, 2.45) is 5.73 Å². The number of nitrogens with zero attached hydrogens (tertiary/aromatic N) is 3. The normalized spacial score (nSPS) is 17.7. The lowest BCUT2D eigenvalue weighted by molar-refractivity contribution is 0.672. The predicted molar refractivity (Wildman–Crippen MR) is 75.9 cm³/mol. The summed E-state index contributed by atoms with van der Waals surface area (Å²) < 4.78 is 13.5. The van der Waals surface area contributed by atoms with Gasteiger partial charge in [-0.3, -0.25) is 8.61 Å². The van der Waals surface area contributed by atoms with Crippen molar-refractivity contribution in [3.63, 3.8) is 0 Å². The van der Waals surface area contributed by atoms with E-state index in [1.54, 1.807) is 11.3 Å². The Balaban J connectivity index is 1.97. The maximum atomic E-state index is 11.4. The van der Waals surface area contributed by atoms with E-state index in [1.807, 2.05) is 11.6 Å². The van der Waals surface area contributed by atoms with Gasteiger partial charge in [0.05, 0.1) is 5.69 Å². The summed E-state index contributed by atoms with van der Waals surface area (Å²) in [4.78, 5) is 7.95. The second-order valence-corrected chi connectivity index (χ2v) is 6.88. The zero-order chi connectivity index (χ0) is 12.5. The van der Waals surface area contributed by atoms with Crippen LogP contribution in [0.4, 0.5) is 5.82 Å². The molecule has 0 spiro atoms. The fraction of sp³-hybridized carbons (Fsp3) is 0.545. The molecule has 5 nitrogen and oxygen atoms in total. The molecule has 18 heavy (non-hydrogen) atoms. The van der Waals surface area contributed by atoms with Crippen molar-refractivity contribution < 1.29 is 4.21 Å². The van der Waals surface area contributed by atoms with E-state index >= 15 is 0 Å². The molecule has 0 aromatic carbocycles. The number of rotatable bonds is 3. The molecular formula is C11H16N4OS2. The Kier molecular flexibility index (Phi) is 3.36. The van der Waals surface area contributed by atoms with Crippen LogP contribution in [0.1, 0.15) is 5.69 Å². The lowest BCUT2D eigenvalue weighted by Crippen LogP contribution is -2.38. The summed E-state index contributed by atoms with van der Waals surface area (Å²) in [5, 5.41) is 2.04. The van der Waals surface area contributed by atoms with Crippen LogP contribution in [0.5, 0.6) is 0 Å². The molecule has 2 aromatic heterocycles. The van der Waals surface area contributed by atoms with E-state index in [0.717, 1.165) is 41.8 Å². The first-order valence-corrected chi connectivity index (χ1v) is 8.41. The molecule has 0 bridgehead atoms. The van der Waals surface area contributed by atoms with Gasteiger partial charge in [0.1, 0.15) is 0 Å². The van der Waals surface area contributed by atoms with Crippen LogP contribution < -0.4 is 10.6 Å². The lowest BCUT2D eigenvalue weighted by atomic mass is 10.3. The molecule has 1 aliphatic heterocycles. The third kappa shape index (κ3) is 2.06. The van der Waals surface area contributed by atoms with E-state index in [0.29, 0.717) is 6.54 Å². The van der Waals surface area contributed by atoms with Gasteiger partial charge in [0.2, 0.25) is 0 Å². The Hall–Kier alpha value is -0.920. The molecule has 1 saturated heterocycles. The average molecular weight is 284 g/mol. The Morgan fingerprint density at radius 1 is 1.44 bits per heavy atom. The van der Waals surface area contributed by atoms with Crippen molar-refractivity contribution in [1.82, 2.24) is 9.38 Å². The summed E-state index contributed by atoms with van der Waals surface area (Å²) in [6.07, 6.45) is 2.87. The van der Waals surface area contributed by atoms with E-state index in [-0.39, 0.29) is 0 Å². The Morgan fingerprint density at radius 3 is 2.94 bits per heavy atom. The fourth-order valence-electron chi connectivity index (χ4n) is 2.29. The smallest absolute Gasteiger partial charge is 0.195 e. The quantitative estimate of drug-likeness (QED) is 0.890. The first kappa shape index (κ1) is 12.1. The molecule has 1 fully saturated rings. The molecule has 2 aromatic rings. The Bertz CT molecular complexity index is 567. The van der Waals surface area contributed by atoms with Crippen molar-refractivity contribution in [2.45, 2.75) is 6.42 Å². The van der Waals surface area contributed by atoms with Crippen molar-refractivity contribution in [1.29, 1.82) is 0 Å². The minimum absolute atomic E-state index is 0.621. The minimum Gasteiger partial charge on any atom is -0.353 e. The number of imidazole rings is 1. The van der Waals surface area contributed by atoms with Crippen LogP contribution in [0.25, 0.3) is 4.96 Å². The van der Waals surface area contributed by atoms with Crippen molar-refractivity contribution in [3.8, 4) is 0 Å². The van der Waals surface area contributed by atoms with Gasteiger partial charge in [0.25, 0.3) is 0 Å². The van der Waals surface area contributed by atoms with Gasteiger partial charge in [-0.1, -0.05) is 0 Å². The molecule has 1 aliphatic rings. The number of hydrogen-bond donors (Lipinski definition) is 1. The summed E-state index contributed by atoms with van der Waals surface area (Å²) in [6.45, 7) is 2.28. The number of nitrogens with two attached hydrogens (primary N) is 1. The second-order valence-electron chi connectivity index (χ2n) is 4.31. The molecule has 7 heteroatoms. The summed E-state index contributed by atoms with van der Waals surface area (Å²) in [6, 6.07) is 0. The lowest BCUT2D eigenvalue weighted by Gasteiger charge is -2.27. The first-order chi connectivity index (χ1) is 8.79. The Labute approximate surface area is 112 Å². The van der Waals surface area contributed by atoms with E-state index < -0.39 is 10.8 Å². The monoisotopic (exact) mass is 284 g/mol. The standard InChI is InChI=1S/C11H16N4OS2/c12-2-1-9-10(13-11-15(9)3-6-17-11)14-4-7-18(16)8-5-14/h3,6H,1-2,4-5,7-8,12H2. The van der Waals surface area contributed by atoms with E-state index in [9.17, 15) is 4.21 Å². The number of aromatic nitrogens is 2. The summed E-state index contributed by atoms with van der Waals surface area (Å²) in [7, 11) is -0.652. The first-order valence-electron chi connectivity index (χ1n) is 6.04. The number of thiazole rings is 1. The van der Waals surface area contributed by atoms with Gasteiger partial charge in [-0.25, -0.2) is 4.98 Å². The Morgan fingerprint density at radius 2 is 2.22 bits per heavy atom.